The largest absolute Gasteiger partial charge is 0.295 e. The molecule has 0 spiro atoms. The molecular formula is C14H14N2O3S2. The fraction of sp³-hybridized carbons (Fsp3) is 0.143. The van der Waals surface area contributed by atoms with Crippen molar-refractivity contribution in [2.24, 2.45) is 0 Å². The lowest BCUT2D eigenvalue weighted by Gasteiger charge is -2.11. The Morgan fingerprint density at radius 2 is 2.00 bits per heavy atom. The summed E-state index contributed by atoms with van der Waals surface area (Å²) in [6.45, 7) is 1.47. The SMILES string of the molecule is CC(=O)c1ccc(NS(C)(=O)=O)c(Sc2ccccn2)c1. The summed E-state index contributed by atoms with van der Waals surface area (Å²) in [4.78, 5) is 16.3. The van der Waals surface area contributed by atoms with Gasteiger partial charge in [0.05, 0.1) is 11.9 Å². The number of Topliss-reactive ketones (excluding diaryl/α,β-unsaturated/α-hetero) is 1. The highest BCUT2D eigenvalue weighted by Crippen LogP contribution is 2.33. The van der Waals surface area contributed by atoms with Crippen molar-refractivity contribution in [3.05, 3.63) is 48.2 Å². The zero-order valence-electron chi connectivity index (χ0n) is 11.5. The van der Waals surface area contributed by atoms with Gasteiger partial charge in [0.25, 0.3) is 0 Å². The van der Waals surface area contributed by atoms with Gasteiger partial charge in [0.15, 0.2) is 5.78 Å². The average Bonchev–Trinajstić information content (AvgIpc) is 2.40. The first kappa shape index (κ1) is 15.5. The van der Waals surface area contributed by atoms with Crippen LogP contribution in [0.3, 0.4) is 0 Å². The third-order valence-electron chi connectivity index (χ3n) is 2.54. The number of hydrogen-bond donors (Lipinski definition) is 1. The summed E-state index contributed by atoms with van der Waals surface area (Å²) in [6, 6.07) is 10.3. The molecule has 1 N–H and O–H groups in total. The van der Waals surface area contributed by atoms with E-state index >= 15 is 0 Å². The molecule has 1 aromatic carbocycles. The van der Waals surface area contributed by atoms with E-state index in [2.05, 4.69) is 9.71 Å². The molecule has 0 aliphatic rings. The lowest BCUT2D eigenvalue weighted by molar-refractivity contribution is 0.101. The van der Waals surface area contributed by atoms with Gasteiger partial charge >= 0.3 is 0 Å². The molecule has 0 fully saturated rings. The van der Waals surface area contributed by atoms with Gasteiger partial charge in [-0.2, -0.15) is 0 Å². The maximum atomic E-state index is 11.5. The molecule has 110 valence electrons. The van der Waals surface area contributed by atoms with Crippen LogP contribution in [0.4, 0.5) is 5.69 Å². The van der Waals surface area contributed by atoms with E-state index in [1.807, 2.05) is 12.1 Å². The summed E-state index contributed by atoms with van der Waals surface area (Å²) in [6.07, 6.45) is 2.74. The van der Waals surface area contributed by atoms with Gasteiger partial charge in [-0.1, -0.05) is 17.8 Å². The number of hydrogen-bond acceptors (Lipinski definition) is 5. The van der Waals surface area contributed by atoms with Crippen molar-refractivity contribution in [3.8, 4) is 0 Å². The zero-order valence-corrected chi connectivity index (χ0v) is 13.2. The van der Waals surface area contributed by atoms with Gasteiger partial charge in [0, 0.05) is 16.7 Å². The Balaban J connectivity index is 2.43. The first-order chi connectivity index (χ1) is 9.85. The van der Waals surface area contributed by atoms with Crippen LogP contribution in [-0.2, 0) is 10.0 Å². The maximum Gasteiger partial charge on any atom is 0.229 e. The molecule has 5 nitrogen and oxygen atoms in total. The van der Waals surface area contributed by atoms with Gasteiger partial charge in [-0.25, -0.2) is 13.4 Å². The summed E-state index contributed by atoms with van der Waals surface area (Å²) in [5.74, 6) is -0.0798. The van der Waals surface area contributed by atoms with E-state index in [9.17, 15) is 13.2 Å². The van der Waals surface area contributed by atoms with Crippen LogP contribution >= 0.6 is 11.8 Å². The number of sulfonamides is 1. The third kappa shape index (κ3) is 4.57. The van der Waals surface area contributed by atoms with Gasteiger partial charge in [-0.05, 0) is 37.3 Å². The monoisotopic (exact) mass is 322 g/mol. The summed E-state index contributed by atoms with van der Waals surface area (Å²) in [5, 5.41) is 0.717. The quantitative estimate of drug-likeness (QED) is 0.857. The lowest BCUT2D eigenvalue weighted by Crippen LogP contribution is -2.10. The second-order valence-electron chi connectivity index (χ2n) is 4.41. The minimum atomic E-state index is -3.39. The molecular weight excluding hydrogens is 308 g/mol. The Kier molecular flexibility index (Phi) is 4.64. The number of nitrogens with one attached hydrogen (secondary N) is 1. The van der Waals surface area contributed by atoms with E-state index < -0.39 is 10.0 Å². The van der Waals surface area contributed by atoms with Crippen LogP contribution in [0.5, 0.6) is 0 Å². The predicted molar refractivity (Wildman–Crippen MR) is 83.3 cm³/mol. The fourth-order valence-electron chi connectivity index (χ4n) is 1.63. The van der Waals surface area contributed by atoms with Gasteiger partial charge < -0.3 is 0 Å². The van der Waals surface area contributed by atoms with Crippen LogP contribution < -0.4 is 4.72 Å². The van der Waals surface area contributed by atoms with E-state index in [4.69, 9.17) is 0 Å². The zero-order chi connectivity index (χ0) is 15.5. The first-order valence-electron chi connectivity index (χ1n) is 6.07. The Hall–Kier alpha value is -1.86. The van der Waals surface area contributed by atoms with Crippen molar-refractivity contribution in [2.75, 3.05) is 11.0 Å². The molecule has 2 rings (SSSR count). The van der Waals surface area contributed by atoms with Crippen LogP contribution in [0.2, 0.25) is 0 Å². The highest BCUT2D eigenvalue weighted by atomic mass is 32.2. The topological polar surface area (TPSA) is 76.1 Å². The van der Waals surface area contributed by atoms with Crippen LogP contribution in [0.25, 0.3) is 0 Å². The number of nitrogens with zero attached hydrogens (tertiary/aromatic N) is 1. The van der Waals surface area contributed by atoms with E-state index in [1.54, 1.807) is 30.5 Å². The Labute approximate surface area is 127 Å². The molecule has 1 aromatic heterocycles. The van der Waals surface area contributed by atoms with Crippen LogP contribution in [0.15, 0.2) is 52.5 Å². The highest BCUT2D eigenvalue weighted by Gasteiger charge is 2.12. The summed E-state index contributed by atoms with van der Waals surface area (Å²) in [7, 11) is -3.39. The minimum absolute atomic E-state index is 0.0798. The highest BCUT2D eigenvalue weighted by molar-refractivity contribution is 7.99. The molecule has 0 saturated carbocycles. The lowest BCUT2D eigenvalue weighted by atomic mass is 10.1. The second-order valence-corrected chi connectivity index (χ2v) is 7.22. The van der Waals surface area contributed by atoms with Gasteiger partial charge in [-0.15, -0.1) is 0 Å². The number of carbonyl (C=O) groups is 1. The van der Waals surface area contributed by atoms with E-state index in [-0.39, 0.29) is 5.78 Å². The number of rotatable bonds is 5. The van der Waals surface area contributed by atoms with Crippen molar-refractivity contribution in [2.45, 2.75) is 16.8 Å². The van der Waals surface area contributed by atoms with Crippen molar-refractivity contribution in [1.82, 2.24) is 4.98 Å². The van der Waals surface area contributed by atoms with Crippen molar-refractivity contribution < 1.29 is 13.2 Å². The number of ketones is 1. The Morgan fingerprint density at radius 3 is 2.57 bits per heavy atom. The standard InChI is InChI=1S/C14H14N2O3S2/c1-10(17)11-6-7-12(16-21(2,18)19)13(9-11)20-14-5-3-4-8-15-14/h3-9,16H,1-2H3. The molecule has 0 aliphatic carbocycles. The molecule has 0 aliphatic heterocycles. The molecule has 0 unspecified atom stereocenters. The van der Waals surface area contributed by atoms with E-state index in [0.717, 1.165) is 11.3 Å². The predicted octanol–water partition coefficient (Wildman–Crippen LogP) is 2.81. The van der Waals surface area contributed by atoms with Gasteiger partial charge in [0.1, 0.15) is 5.03 Å². The summed E-state index contributed by atoms with van der Waals surface area (Å²) < 4.78 is 25.3. The number of aromatic nitrogens is 1. The van der Waals surface area contributed by atoms with Gasteiger partial charge in [-0.3, -0.25) is 9.52 Å². The maximum absolute atomic E-state index is 11.5. The van der Waals surface area contributed by atoms with Crippen LogP contribution in [0.1, 0.15) is 17.3 Å². The minimum Gasteiger partial charge on any atom is -0.295 e. The molecule has 0 radical (unpaired) electrons. The molecule has 7 heteroatoms. The second kappa shape index (κ2) is 6.28. The number of benzene rings is 1. The van der Waals surface area contributed by atoms with Crippen LogP contribution in [0, 0.1) is 0 Å². The Bertz CT molecular complexity index is 759. The molecule has 0 atom stereocenters. The smallest absolute Gasteiger partial charge is 0.229 e. The fourth-order valence-corrected chi connectivity index (χ4v) is 3.17. The third-order valence-corrected chi connectivity index (χ3v) is 4.13. The summed E-state index contributed by atoms with van der Waals surface area (Å²) >= 11 is 1.30. The van der Waals surface area contributed by atoms with Gasteiger partial charge in [0.2, 0.25) is 10.0 Å². The van der Waals surface area contributed by atoms with E-state index in [1.165, 1.54) is 18.7 Å². The number of anilines is 1. The van der Waals surface area contributed by atoms with E-state index in [0.29, 0.717) is 16.1 Å². The summed E-state index contributed by atoms with van der Waals surface area (Å²) in [5.41, 5.74) is 0.950. The van der Waals surface area contributed by atoms with Crippen molar-refractivity contribution >= 4 is 33.3 Å². The van der Waals surface area contributed by atoms with Crippen LogP contribution in [-0.4, -0.2) is 25.4 Å². The molecule has 0 amide bonds. The molecule has 1 heterocycles. The average molecular weight is 322 g/mol. The molecule has 0 bridgehead atoms. The van der Waals surface area contributed by atoms with Crippen molar-refractivity contribution in [3.63, 3.8) is 0 Å². The molecule has 2 aromatic rings. The normalized spacial score (nSPS) is 11.1. The number of carbonyl (C=O) groups excluding carboxylic acids is 1. The number of pyridine rings is 1. The van der Waals surface area contributed by atoms with Crippen molar-refractivity contribution in [1.29, 1.82) is 0 Å². The molecule has 21 heavy (non-hydrogen) atoms. The first-order valence-corrected chi connectivity index (χ1v) is 8.77. The molecule has 0 saturated heterocycles. The Morgan fingerprint density at radius 1 is 1.24 bits per heavy atom.